The molecule has 0 bridgehead atoms. The van der Waals surface area contributed by atoms with Crippen LogP contribution >= 0.6 is 0 Å². The zero-order valence-electron chi connectivity index (χ0n) is 8.17. The lowest BCUT2D eigenvalue weighted by molar-refractivity contribution is 0.0830. The summed E-state index contributed by atoms with van der Waals surface area (Å²) in [6.07, 6.45) is -2.17. The van der Waals surface area contributed by atoms with Crippen molar-refractivity contribution in [2.75, 3.05) is 6.67 Å². The largest absolute Gasteiger partial charge is 0.381 e. The number of halogens is 3. The van der Waals surface area contributed by atoms with E-state index in [0.29, 0.717) is 0 Å². The molecule has 0 aliphatic heterocycles. The Hall–Kier alpha value is -1.29. The summed E-state index contributed by atoms with van der Waals surface area (Å²) in [7, 11) is 0. The molecule has 0 spiro atoms. The van der Waals surface area contributed by atoms with Gasteiger partial charge >= 0.3 is 0 Å². The summed E-state index contributed by atoms with van der Waals surface area (Å²) >= 11 is 0. The average molecular weight is 216 g/mol. The van der Waals surface area contributed by atoms with E-state index < -0.39 is 23.9 Å². The van der Waals surface area contributed by atoms with E-state index in [0.717, 1.165) is 6.92 Å². The third-order valence-corrected chi connectivity index (χ3v) is 2.29. The fourth-order valence-electron chi connectivity index (χ4n) is 1.30. The smallest absolute Gasteiger partial charge is 0.275 e. The predicted molar refractivity (Wildman–Crippen MR) is 51.2 cm³/mol. The second-order valence-corrected chi connectivity index (χ2v) is 3.31. The molecule has 0 fully saturated rings. The van der Waals surface area contributed by atoms with Gasteiger partial charge in [-0.1, -0.05) is 30.3 Å². The zero-order chi connectivity index (χ0) is 11.5. The van der Waals surface area contributed by atoms with Crippen LogP contribution in [0.4, 0.5) is 13.2 Å². The summed E-state index contributed by atoms with van der Waals surface area (Å²) in [6, 6.07) is 7.81. The first-order valence-corrected chi connectivity index (χ1v) is 4.38. The lowest BCUT2D eigenvalue weighted by Crippen LogP contribution is -2.25. The molecule has 1 nitrogen and oxygen atoms in total. The highest BCUT2D eigenvalue weighted by Crippen LogP contribution is 2.32. The molecule has 1 rings (SSSR count). The molecule has 0 aliphatic carbocycles. The van der Waals surface area contributed by atoms with Gasteiger partial charge in [-0.3, -0.25) is 0 Å². The number of hydrogen-bond acceptors (Lipinski definition) is 1. The Bertz CT molecular complexity index is 353. The zero-order valence-corrected chi connectivity index (χ0v) is 8.17. The van der Waals surface area contributed by atoms with E-state index in [2.05, 4.69) is 0 Å². The van der Waals surface area contributed by atoms with Crippen molar-refractivity contribution < 1.29 is 18.3 Å². The van der Waals surface area contributed by atoms with Crippen LogP contribution in [0.2, 0.25) is 0 Å². The van der Waals surface area contributed by atoms with Crippen molar-refractivity contribution >= 4 is 0 Å². The van der Waals surface area contributed by atoms with Crippen molar-refractivity contribution in [2.45, 2.75) is 12.5 Å². The minimum atomic E-state index is -2.17. The number of hydrogen-bond donors (Lipinski definition) is 1. The molecule has 0 aliphatic rings. The monoisotopic (exact) mass is 216 g/mol. The summed E-state index contributed by atoms with van der Waals surface area (Å²) in [5.41, 5.74) is -2.62. The van der Waals surface area contributed by atoms with Crippen molar-refractivity contribution in [1.82, 2.24) is 0 Å². The van der Waals surface area contributed by atoms with Gasteiger partial charge in [0.05, 0.1) is 5.57 Å². The Morgan fingerprint density at radius 1 is 1.27 bits per heavy atom. The van der Waals surface area contributed by atoms with Gasteiger partial charge in [0, 0.05) is 0 Å². The van der Waals surface area contributed by atoms with Crippen LogP contribution in [-0.4, -0.2) is 11.8 Å². The molecule has 1 unspecified atom stereocenters. The summed E-state index contributed by atoms with van der Waals surface area (Å²) in [5, 5.41) is 9.84. The Balaban J connectivity index is 3.18. The lowest BCUT2D eigenvalue weighted by atomic mass is 9.89. The van der Waals surface area contributed by atoms with E-state index >= 15 is 0 Å². The molecule has 15 heavy (non-hydrogen) atoms. The van der Waals surface area contributed by atoms with Crippen LogP contribution in [0, 0.1) is 0 Å². The van der Waals surface area contributed by atoms with Gasteiger partial charge in [0.15, 0.2) is 0 Å². The third-order valence-electron chi connectivity index (χ3n) is 2.29. The van der Waals surface area contributed by atoms with E-state index in [-0.39, 0.29) is 5.56 Å². The first-order valence-electron chi connectivity index (χ1n) is 4.38. The maximum absolute atomic E-state index is 12.4. The fraction of sp³-hybridized carbons (Fsp3) is 0.273. The molecule has 82 valence electrons. The van der Waals surface area contributed by atoms with Gasteiger partial charge in [0.25, 0.3) is 6.08 Å². The standard InChI is InChI=1S/C11H11F3O/c1-11(15,9(7-12)10(13)14)8-5-3-2-4-6-8/h2-6,15H,7H2,1H3. The molecular formula is C11H11F3O. The molecule has 1 N–H and O–H groups in total. The van der Waals surface area contributed by atoms with Crippen molar-refractivity contribution in [3.8, 4) is 0 Å². The van der Waals surface area contributed by atoms with E-state index in [4.69, 9.17) is 0 Å². The second-order valence-electron chi connectivity index (χ2n) is 3.31. The first kappa shape index (κ1) is 11.8. The second kappa shape index (κ2) is 4.49. The van der Waals surface area contributed by atoms with Gasteiger partial charge in [-0.2, -0.15) is 8.78 Å². The fourth-order valence-corrected chi connectivity index (χ4v) is 1.30. The summed E-state index contributed by atoms with van der Waals surface area (Å²) in [4.78, 5) is 0. The van der Waals surface area contributed by atoms with Crippen LogP contribution in [0.25, 0.3) is 0 Å². The summed E-state index contributed by atoms with van der Waals surface area (Å²) < 4.78 is 37.1. The van der Waals surface area contributed by atoms with Crippen LogP contribution in [0.15, 0.2) is 42.0 Å². The molecule has 0 heterocycles. The minimum absolute atomic E-state index is 0.241. The molecule has 0 saturated heterocycles. The first-order chi connectivity index (χ1) is 7.00. The van der Waals surface area contributed by atoms with Crippen molar-refractivity contribution in [1.29, 1.82) is 0 Å². The van der Waals surface area contributed by atoms with Gasteiger partial charge in [-0.05, 0) is 12.5 Å². The Morgan fingerprint density at radius 3 is 2.20 bits per heavy atom. The van der Waals surface area contributed by atoms with Crippen LogP contribution in [0.3, 0.4) is 0 Å². The van der Waals surface area contributed by atoms with E-state index in [1.54, 1.807) is 18.2 Å². The molecule has 0 amide bonds. The Kier molecular flexibility index (Phi) is 3.52. The molecule has 0 radical (unpaired) electrons. The number of rotatable bonds is 3. The number of benzene rings is 1. The SMILES string of the molecule is CC(O)(C(CF)=C(F)F)c1ccccc1. The van der Waals surface area contributed by atoms with Crippen LogP contribution in [0.1, 0.15) is 12.5 Å². The van der Waals surface area contributed by atoms with Gasteiger partial charge in [-0.25, -0.2) is 4.39 Å². The quantitative estimate of drug-likeness (QED) is 0.823. The van der Waals surface area contributed by atoms with Crippen LogP contribution in [-0.2, 0) is 5.60 Å². The summed E-state index contributed by atoms with van der Waals surface area (Å²) in [5.74, 6) is 0. The van der Waals surface area contributed by atoms with Gasteiger partial charge in [0.2, 0.25) is 0 Å². The van der Waals surface area contributed by atoms with Gasteiger partial charge in [0.1, 0.15) is 12.3 Å². The molecule has 1 atom stereocenters. The molecule has 1 aromatic carbocycles. The lowest BCUT2D eigenvalue weighted by Gasteiger charge is -2.24. The predicted octanol–water partition coefficient (Wildman–Crippen LogP) is 3.01. The maximum Gasteiger partial charge on any atom is 0.275 e. The summed E-state index contributed by atoms with van der Waals surface area (Å²) in [6.45, 7) is -0.222. The highest BCUT2D eigenvalue weighted by molar-refractivity contribution is 5.32. The van der Waals surface area contributed by atoms with E-state index in [9.17, 15) is 18.3 Å². The van der Waals surface area contributed by atoms with E-state index in [1.165, 1.54) is 12.1 Å². The molecule has 4 heteroatoms. The topological polar surface area (TPSA) is 20.2 Å². The Morgan fingerprint density at radius 2 is 1.80 bits per heavy atom. The maximum atomic E-state index is 12.4. The van der Waals surface area contributed by atoms with Gasteiger partial charge < -0.3 is 5.11 Å². The number of alkyl halides is 1. The normalized spacial score (nSPS) is 14.5. The molecule has 0 saturated carbocycles. The van der Waals surface area contributed by atoms with E-state index in [1.807, 2.05) is 0 Å². The van der Waals surface area contributed by atoms with Crippen molar-refractivity contribution in [3.63, 3.8) is 0 Å². The highest BCUT2D eigenvalue weighted by Gasteiger charge is 2.31. The third kappa shape index (κ3) is 2.39. The number of aliphatic hydroxyl groups is 1. The van der Waals surface area contributed by atoms with Crippen molar-refractivity contribution in [3.05, 3.63) is 47.5 Å². The van der Waals surface area contributed by atoms with Crippen LogP contribution in [0.5, 0.6) is 0 Å². The molecule has 0 aromatic heterocycles. The van der Waals surface area contributed by atoms with Gasteiger partial charge in [-0.15, -0.1) is 0 Å². The Labute approximate surface area is 85.9 Å². The average Bonchev–Trinajstić information content (AvgIpc) is 2.19. The minimum Gasteiger partial charge on any atom is -0.381 e. The van der Waals surface area contributed by atoms with Crippen LogP contribution < -0.4 is 0 Å². The van der Waals surface area contributed by atoms with Crippen molar-refractivity contribution in [2.24, 2.45) is 0 Å². The molecular weight excluding hydrogens is 205 g/mol. The highest BCUT2D eigenvalue weighted by atomic mass is 19.3. The molecule has 1 aromatic rings.